The molecule has 0 aliphatic rings. The van der Waals surface area contributed by atoms with Crippen molar-refractivity contribution in [1.29, 1.82) is 0 Å². The Morgan fingerprint density at radius 1 is 0.789 bits per heavy atom. The highest BCUT2D eigenvalue weighted by Gasteiger charge is 2.23. The molecule has 0 heterocycles. The van der Waals surface area contributed by atoms with Crippen molar-refractivity contribution in [3.63, 3.8) is 0 Å². The van der Waals surface area contributed by atoms with Crippen LogP contribution in [0.1, 0.15) is 0 Å². The Labute approximate surface area is 120 Å². The molecule has 0 aliphatic heterocycles. The summed E-state index contributed by atoms with van der Waals surface area (Å²) in [7, 11) is -4.00. The van der Waals surface area contributed by atoms with Crippen molar-refractivity contribution in [1.82, 2.24) is 5.50 Å². The van der Waals surface area contributed by atoms with Gasteiger partial charge in [0.15, 0.2) is 0 Å². The molecule has 0 saturated heterocycles. The Morgan fingerprint density at radius 3 is 1.42 bits per heavy atom. The number of rotatable bonds is 4. The molecule has 1 radical (unpaired) electrons. The summed E-state index contributed by atoms with van der Waals surface area (Å²) in [5, 5.41) is 1.04. The molecule has 0 saturated carbocycles. The van der Waals surface area contributed by atoms with Gasteiger partial charge in [-0.15, -0.1) is 5.50 Å². The van der Waals surface area contributed by atoms with E-state index in [1.807, 2.05) is 0 Å². The summed E-state index contributed by atoms with van der Waals surface area (Å²) in [4.78, 5) is 0. The van der Waals surface area contributed by atoms with Gasteiger partial charge in [-0.1, -0.05) is 23.2 Å². The van der Waals surface area contributed by atoms with Crippen LogP contribution in [0.4, 0.5) is 0 Å². The van der Waals surface area contributed by atoms with Gasteiger partial charge in [-0.25, -0.2) is 4.57 Å². The van der Waals surface area contributed by atoms with E-state index < -0.39 is 7.75 Å². The topological polar surface area (TPSA) is 59.3 Å². The van der Waals surface area contributed by atoms with Crippen molar-refractivity contribution in [3.8, 4) is 11.5 Å². The lowest BCUT2D eigenvalue weighted by Gasteiger charge is -2.14. The predicted molar refractivity (Wildman–Crippen MR) is 74.9 cm³/mol. The number of hydrogen-bond donors (Lipinski definition) is 0. The van der Waals surface area contributed by atoms with Crippen molar-refractivity contribution in [2.24, 2.45) is 0 Å². The molecule has 0 bridgehead atoms. The van der Waals surface area contributed by atoms with E-state index >= 15 is 0 Å². The van der Waals surface area contributed by atoms with Crippen molar-refractivity contribution in [2.45, 2.75) is 0 Å². The summed E-state index contributed by atoms with van der Waals surface area (Å²) < 4.78 is 21.9. The van der Waals surface area contributed by atoms with Crippen molar-refractivity contribution in [2.75, 3.05) is 0 Å². The van der Waals surface area contributed by atoms with Crippen molar-refractivity contribution in [3.05, 3.63) is 58.6 Å². The monoisotopic (exact) mass is 316 g/mol. The van der Waals surface area contributed by atoms with Gasteiger partial charge >= 0.3 is 7.75 Å². The van der Waals surface area contributed by atoms with Crippen molar-refractivity contribution >= 4 is 30.9 Å². The molecule has 4 nitrogen and oxygen atoms in total. The van der Waals surface area contributed by atoms with Gasteiger partial charge in [-0.2, -0.15) is 0 Å². The minimum atomic E-state index is -4.00. The first-order valence-electron chi connectivity index (χ1n) is 5.20. The van der Waals surface area contributed by atoms with Gasteiger partial charge < -0.3 is 9.05 Å². The van der Waals surface area contributed by atoms with E-state index in [0.717, 1.165) is 0 Å². The summed E-state index contributed by atoms with van der Waals surface area (Å²) in [6.45, 7) is 0. The lowest BCUT2D eigenvalue weighted by Crippen LogP contribution is -2.01. The Balaban J connectivity index is 2.08. The summed E-state index contributed by atoms with van der Waals surface area (Å²) in [5.74, 6) is 0.494. The molecule has 0 aliphatic carbocycles. The van der Waals surface area contributed by atoms with Gasteiger partial charge in [0.25, 0.3) is 0 Å². The van der Waals surface area contributed by atoms with Gasteiger partial charge in [0.1, 0.15) is 11.5 Å². The smallest absolute Gasteiger partial charge is 0.404 e. The summed E-state index contributed by atoms with van der Waals surface area (Å²) in [6.07, 6.45) is 0. The third-order valence-electron chi connectivity index (χ3n) is 2.08. The molecule has 1 N–H and O–H groups in total. The number of benzene rings is 2. The summed E-state index contributed by atoms with van der Waals surface area (Å²) in [5.41, 5.74) is 7.55. The van der Waals surface area contributed by atoms with Crippen LogP contribution in [-0.4, -0.2) is 0 Å². The third kappa shape index (κ3) is 4.44. The molecule has 2 rings (SSSR count). The van der Waals surface area contributed by atoms with Crippen LogP contribution in [0, 0.1) is 0 Å². The molecule has 0 unspecified atom stereocenters. The SMILES string of the molecule is [NH]P(=O)(Oc1ccc(Cl)cc1)Oc1ccc(Cl)cc1. The highest BCUT2D eigenvalue weighted by atomic mass is 35.5. The van der Waals surface area contributed by atoms with Crippen molar-refractivity contribution < 1.29 is 13.6 Å². The van der Waals surface area contributed by atoms with Gasteiger partial charge in [0.2, 0.25) is 0 Å². The molecular formula is C12H9Cl2NO3P. The molecule has 7 heteroatoms. The number of nitrogens with one attached hydrogen (secondary N) is 1. The predicted octanol–water partition coefficient (Wildman–Crippen LogP) is 4.84. The molecule has 0 fully saturated rings. The van der Waals surface area contributed by atoms with E-state index in [1.54, 1.807) is 24.3 Å². The first-order chi connectivity index (χ1) is 8.94. The van der Waals surface area contributed by atoms with Gasteiger partial charge in [-0.3, -0.25) is 0 Å². The molecular weight excluding hydrogens is 308 g/mol. The second-order valence-electron chi connectivity index (χ2n) is 3.59. The maximum Gasteiger partial charge on any atom is 0.526 e. The molecule has 0 amide bonds. The largest absolute Gasteiger partial charge is 0.526 e. The van der Waals surface area contributed by atoms with E-state index in [-0.39, 0.29) is 11.5 Å². The first-order valence-corrected chi connectivity index (χ1v) is 7.50. The van der Waals surface area contributed by atoms with E-state index in [0.29, 0.717) is 10.0 Å². The van der Waals surface area contributed by atoms with Gasteiger partial charge in [-0.05, 0) is 48.5 Å². The number of hydrogen-bond acceptors (Lipinski definition) is 3. The summed E-state index contributed by atoms with van der Waals surface area (Å²) >= 11 is 11.4. The van der Waals surface area contributed by atoms with E-state index in [2.05, 4.69) is 0 Å². The highest BCUT2D eigenvalue weighted by molar-refractivity contribution is 7.51. The van der Waals surface area contributed by atoms with Crippen LogP contribution in [0.15, 0.2) is 48.5 Å². The molecule has 2 aromatic rings. The Bertz CT molecular complexity index is 550. The zero-order chi connectivity index (χ0) is 13.9. The lowest BCUT2D eigenvalue weighted by atomic mass is 10.3. The molecule has 0 aromatic heterocycles. The van der Waals surface area contributed by atoms with Crippen LogP contribution in [0.3, 0.4) is 0 Å². The standard InChI is InChI=1S/C12H9Cl2NO3P/c13-9-1-5-11(6-2-9)17-19(15,16)18-12-7-3-10(14)4-8-12/h1-8,15H. The second-order valence-corrected chi connectivity index (χ2v) is 5.82. The maximum atomic E-state index is 11.9. The fraction of sp³-hybridized carbons (Fsp3) is 0. The van der Waals surface area contributed by atoms with Crippen LogP contribution in [0.25, 0.3) is 0 Å². The fourth-order valence-electron chi connectivity index (χ4n) is 1.29. The maximum absolute atomic E-state index is 11.9. The zero-order valence-corrected chi connectivity index (χ0v) is 12.0. The van der Waals surface area contributed by atoms with E-state index in [1.165, 1.54) is 24.3 Å². The lowest BCUT2D eigenvalue weighted by molar-refractivity contribution is 0.385. The Morgan fingerprint density at radius 2 is 1.11 bits per heavy atom. The minimum Gasteiger partial charge on any atom is -0.404 e. The molecule has 99 valence electrons. The molecule has 0 atom stereocenters. The number of halogens is 2. The fourth-order valence-corrected chi connectivity index (χ4v) is 2.37. The van der Waals surface area contributed by atoms with Crippen LogP contribution in [0.2, 0.25) is 10.0 Å². The van der Waals surface area contributed by atoms with E-state index in [4.69, 9.17) is 37.8 Å². The van der Waals surface area contributed by atoms with Crippen LogP contribution >= 0.6 is 30.9 Å². The normalized spacial score (nSPS) is 11.1. The zero-order valence-electron chi connectivity index (χ0n) is 9.55. The summed E-state index contributed by atoms with van der Waals surface area (Å²) in [6, 6.07) is 12.3. The van der Waals surface area contributed by atoms with E-state index in [9.17, 15) is 4.57 Å². The highest BCUT2D eigenvalue weighted by Crippen LogP contribution is 2.43. The molecule has 19 heavy (non-hydrogen) atoms. The molecule has 2 aromatic carbocycles. The average Bonchev–Trinajstić information content (AvgIpc) is 2.34. The minimum absolute atomic E-state index is 0.247. The van der Waals surface area contributed by atoms with Gasteiger partial charge in [0, 0.05) is 10.0 Å². The van der Waals surface area contributed by atoms with Gasteiger partial charge in [0.05, 0.1) is 0 Å². The molecule has 0 spiro atoms. The quantitative estimate of drug-likeness (QED) is 0.758. The third-order valence-corrected chi connectivity index (χ3v) is 3.48. The average molecular weight is 317 g/mol. The Kier molecular flexibility index (Phi) is 4.38. The van der Waals surface area contributed by atoms with Crippen LogP contribution < -0.4 is 14.6 Å². The Hall–Kier alpha value is -1.19. The van der Waals surface area contributed by atoms with Crippen LogP contribution in [0.5, 0.6) is 11.5 Å². The van der Waals surface area contributed by atoms with Crippen LogP contribution in [-0.2, 0) is 4.57 Å². The second kappa shape index (κ2) is 5.85. The first kappa shape index (κ1) is 14.2.